The third-order valence-corrected chi connectivity index (χ3v) is 3.70. The first-order valence-electron chi connectivity index (χ1n) is 10.0. The molecule has 1 atom stereocenters. The van der Waals surface area contributed by atoms with Crippen molar-refractivity contribution in [3.63, 3.8) is 0 Å². The van der Waals surface area contributed by atoms with Gasteiger partial charge in [-0.15, -0.1) is 0 Å². The Bertz CT molecular complexity index is 876. The number of esters is 1. The fourth-order valence-corrected chi connectivity index (χ4v) is 2.51. The quantitative estimate of drug-likeness (QED) is 0.240. The van der Waals surface area contributed by atoms with Crippen LogP contribution < -0.4 is 5.43 Å². The van der Waals surface area contributed by atoms with Gasteiger partial charge in [-0.05, 0) is 59.6 Å². The van der Waals surface area contributed by atoms with E-state index in [0.29, 0.717) is 0 Å². The molecule has 9 nitrogen and oxygen atoms in total. The van der Waals surface area contributed by atoms with Crippen LogP contribution in [-0.2, 0) is 25.4 Å². The average molecular weight is 446 g/mol. The van der Waals surface area contributed by atoms with Crippen molar-refractivity contribution in [1.82, 2.24) is 10.4 Å². The molecule has 0 radical (unpaired) electrons. The van der Waals surface area contributed by atoms with Gasteiger partial charge in [-0.1, -0.05) is 30.3 Å². The topological polar surface area (TPSA) is 118 Å². The van der Waals surface area contributed by atoms with Crippen molar-refractivity contribution in [2.24, 2.45) is 0 Å². The lowest BCUT2D eigenvalue weighted by atomic mass is 10.0. The zero-order valence-electron chi connectivity index (χ0n) is 19.6. The van der Waals surface area contributed by atoms with E-state index in [1.165, 1.54) is 6.08 Å². The normalized spacial score (nSPS) is 12.8. The molecule has 0 unspecified atom stereocenters. The molecule has 1 aromatic carbocycles. The smallest absolute Gasteiger partial charge is 0.429 e. The van der Waals surface area contributed by atoms with Crippen LogP contribution in [0.25, 0.3) is 0 Å². The van der Waals surface area contributed by atoms with Gasteiger partial charge in [0.1, 0.15) is 22.8 Å². The molecule has 0 aliphatic rings. The number of nitrogens with zero attached hydrogens (tertiary/aromatic N) is 2. The molecule has 32 heavy (non-hydrogen) atoms. The van der Waals surface area contributed by atoms with Crippen molar-refractivity contribution >= 4 is 18.2 Å². The molecule has 2 amide bonds. The minimum atomic E-state index is -0.964. The van der Waals surface area contributed by atoms with Gasteiger partial charge in [0.2, 0.25) is 0 Å². The van der Waals surface area contributed by atoms with Crippen LogP contribution in [0.4, 0.5) is 9.59 Å². The van der Waals surface area contributed by atoms with Crippen molar-refractivity contribution in [2.45, 2.75) is 65.2 Å². The lowest BCUT2D eigenvalue weighted by Crippen LogP contribution is -2.54. The average Bonchev–Trinajstić information content (AvgIpc) is 2.66. The second-order valence-corrected chi connectivity index (χ2v) is 8.90. The zero-order valence-corrected chi connectivity index (χ0v) is 19.6. The molecule has 0 spiro atoms. The number of hydrazine groups is 1. The zero-order chi connectivity index (χ0) is 24.5. The predicted octanol–water partition coefficient (Wildman–Crippen LogP) is 3.90. The predicted molar refractivity (Wildman–Crippen MR) is 117 cm³/mol. The third-order valence-electron chi connectivity index (χ3n) is 3.70. The summed E-state index contributed by atoms with van der Waals surface area (Å²) in [5.74, 6) is -0.869. The van der Waals surface area contributed by atoms with Crippen molar-refractivity contribution < 1.29 is 28.6 Å². The second kappa shape index (κ2) is 11.2. The van der Waals surface area contributed by atoms with Crippen LogP contribution in [0, 0.1) is 11.3 Å². The first-order valence-corrected chi connectivity index (χ1v) is 10.0. The first-order chi connectivity index (χ1) is 14.8. The van der Waals surface area contributed by atoms with Crippen LogP contribution in [0.5, 0.6) is 0 Å². The number of nitrogens with one attached hydrogen (secondary N) is 1. The van der Waals surface area contributed by atoms with E-state index in [4.69, 9.17) is 9.47 Å². The molecule has 9 heteroatoms. The van der Waals surface area contributed by atoms with Crippen LogP contribution in [0.2, 0.25) is 0 Å². The molecule has 0 saturated carbocycles. The molecule has 174 valence electrons. The Hall–Kier alpha value is -3.54. The summed E-state index contributed by atoms with van der Waals surface area (Å²) < 4.78 is 15.4. The number of hydrogen-bond donors (Lipinski definition) is 1. The van der Waals surface area contributed by atoms with E-state index in [0.717, 1.165) is 17.7 Å². The van der Waals surface area contributed by atoms with Crippen LogP contribution in [0.1, 0.15) is 47.1 Å². The van der Waals surface area contributed by atoms with Gasteiger partial charge < -0.3 is 14.2 Å². The van der Waals surface area contributed by atoms with Crippen LogP contribution in [0.15, 0.2) is 42.0 Å². The third kappa shape index (κ3) is 9.51. The van der Waals surface area contributed by atoms with E-state index in [1.807, 2.05) is 18.2 Å². The largest absolute Gasteiger partial charge is 0.465 e. The number of ether oxygens (including phenoxy) is 3. The highest BCUT2D eigenvalue weighted by molar-refractivity contribution is 5.92. The molecule has 0 aliphatic carbocycles. The molecule has 0 saturated heterocycles. The minimum Gasteiger partial charge on any atom is -0.465 e. The number of benzene rings is 1. The lowest BCUT2D eigenvalue weighted by molar-refractivity contribution is -0.135. The molecule has 0 bridgehead atoms. The summed E-state index contributed by atoms with van der Waals surface area (Å²) in [6.45, 7) is 10.1. The maximum atomic E-state index is 13.0. The van der Waals surface area contributed by atoms with Gasteiger partial charge >= 0.3 is 18.2 Å². The van der Waals surface area contributed by atoms with Crippen molar-refractivity contribution in [1.29, 1.82) is 5.26 Å². The van der Waals surface area contributed by atoms with E-state index in [9.17, 15) is 19.6 Å². The Morgan fingerprint density at radius 1 is 1.06 bits per heavy atom. The highest BCUT2D eigenvalue weighted by atomic mass is 16.6. The second-order valence-electron chi connectivity index (χ2n) is 8.90. The number of hydrogen-bond acceptors (Lipinski definition) is 7. The van der Waals surface area contributed by atoms with Crippen LogP contribution in [0.3, 0.4) is 0 Å². The lowest BCUT2D eigenvalue weighted by Gasteiger charge is -2.33. The van der Waals surface area contributed by atoms with Gasteiger partial charge in [0.05, 0.1) is 13.2 Å². The summed E-state index contributed by atoms with van der Waals surface area (Å²) in [5, 5.41) is 10.3. The Morgan fingerprint density at radius 2 is 1.62 bits per heavy atom. The van der Waals surface area contributed by atoms with Gasteiger partial charge in [-0.3, -0.25) is 0 Å². The summed E-state index contributed by atoms with van der Waals surface area (Å²) in [6, 6.07) is 9.86. The Labute approximate surface area is 188 Å². The highest BCUT2D eigenvalue weighted by Gasteiger charge is 2.32. The van der Waals surface area contributed by atoms with Gasteiger partial charge in [0.15, 0.2) is 0 Å². The molecule has 0 heterocycles. The molecule has 0 fully saturated rings. The van der Waals surface area contributed by atoms with E-state index >= 15 is 0 Å². The maximum Gasteiger partial charge on any atom is 0.429 e. The summed E-state index contributed by atoms with van der Waals surface area (Å²) in [7, 11) is 1.14. The van der Waals surface area contributed by atoms with E-state index < -0.39 is 35.4 Å². The SMILES string of the molecule is COC(=O)/C(C#N)=C/[C@H](Cc1ccccc1)N(NC(=O)OC(C)(C)C)C(=O)OC(C)(C)C. The fourth-order valence-electron chi connectivity index (χ4n) is 2.51. The summed E-state index contributed by atoms with van der Waals surface area (Å²) >= 11 is 0. The molecular formula is C23H31N3O6. The summed E-state index contributed by atoms with van der Waals surface area (Å²) in [5.41, 5.74) is 1.17. The van der Waals surface area contributed by atoms with Crippen molar-refractivity contribution in [3.05, 3.63) is 47.5 Å². The Morgan fingerprint density at radius 3 is 2.09 bits per heavy atom. The van der Waals surface area contributed by atoms with Gasteiger partial charge in [-0.25, -0.2) is 24.8 Å². The standard InChI is InChI=1S/C23H31N3O6/c1-22(2,3)31-20(28)25-26(21(29)32-23(4,5)6)18(13-16-11-9-8-10-12-16)14-17(15-24)19(27)30-7/h8-12,14,18H,13H2,1-7H3,(H,25,28)/b17-14+/t18-/m0/s1. The number of amides is 2. The molecular weight excluding hydrogens is 414 g/mol. The van der Waals surface area contributed by atoms with E-state index in [1.54, 1.807) is 59.7 Å². The van der Waals surface area contributed by atoms with Crippen LogP contribution >= 0.6 is 0 Å². The monoisotopic (exact) mass is 445 g/mol. The molecule has 1 N–H and O–H groups in total. The van der Waals surface area contributed by atoms with Gasteiger partial charge in [0, 0.05) is 0 Å². The number of rotatable bonds is 5. The van der Waals surface area contributed by atoms with E-state index in [2.05, 4.69) is 10.2 Å². The Kier molecular flexibility index (Phi) is 9.26. The maximum absolute atomic E-state index is 13.0. The molecule has 1 rings (SSSR count). The number of nitriles is 1. The van der Waals surface area contributed by atoms with Crippen LogP contribution in [-0.4, -0.2) is 47.5 Å². The van der Waals surface area contributed by atoms with Crippen molar-refractivity contribution in [3.8, 4) is 6.07 Å². The fraction of sp³-hybridized carbons (Fsp3) is 0.478. The number of carbonyl (C=O) groups excluding carboxylic acids is 3. The van der Waals surface area contributed by atoms with Crippen molar-refractivity contribution in [2.75, 3.05) is 7.11 Å². The Balaban J connectivity index is 3.46. The molecule has 0 aromatic heterocycles. The first kappa shape index (κ1) is 26.5. The summed E-state index contributed by atoms with van der Waals surface area (Å²) in [6.07, 6.45) is -0.368. The number of carbonyl (C=O) groups is 3. The van der Waals surface area contributed by atoms with E-state index in [-0.39, 0.29) is 12.0 Å². The minimum absolute atomic E-state index is 0.165. The van der Waals surface area contributed by atoms with Gasteiger partial charge in [0.25, 0.3) is 0 Å². The number of methoxy groups -OCH3 is 1. The molecule has 0 aliphatic heterocycles. The summed E-state index contributed by atoms with van der Waals surface area (Å²) in [4.78, 5) is 37.5. The molecule has 1 aromatic rings. The highest BCUT2D eigenvalue weighted by Crippen LogP contribution is 2.17. The van der Waals surface area contributed by atoms with Gasteiger partial charge in [-0.2, -0.15) is 5.26 Å².